The smallest absolute Gasteiger partial charge is 0.468 e. The Labute approximate surface area is 175 Å². The number of carbonyl (C=O) groups is 1. The van der Waals surface area contributed by atoms with Crippen molar-refractivity contribution in [2.75, 3.05) is 20.4 Å². The minimum atomic E-state index is -4.64. The van der Waals surface area contributed by atoms with Gasteiger partial charge in [0.15, 0.2) is 5.06 Å². The summed E-state index contributed by atoms with van der Waals surface area (Å²) in [4.78, 5) is 33.0. The lowest BCUT2D eigenvalue weighted by Crippen LogP contribution is -2.38. The van der Waals surface area contributed by atoms with E-state index in [-0.39, 0.29) is 0 Å². The molecular formula is C17H19ClNO7PS. The average Bonchev–Trinajstić information content (AvgIpc) is 3.03. The molecule has 0 spiro atoms. The number of nitrogens with zero attached hydrogens (tertiary/aromatic N) is 1. The summed E-state index contributed by atoms with van der Waals surface area (Å²) in [6.07, 6.45) is 0.546. The van der Waals surface area contributed by atoms with Crippen molar-refractivity contribution in [2.24, 2.45) is 0 Å². The van der Waals surface area contributed by atoms with Gasteiger partial charge in [0, 0.05) is 23.0 Å². The molecule has 0 saturated heterocycles. The Morgan fingerprint density at radius 3 is 2.96 bits per heavy atom. The molecule has 1 atom stereocenters. The zero-order valence-corrected chi connectivity index (χ0v) is 16.9. The van der Waals surface area contributed by atoms with Gasteiger partial charge in [0.2, 0.25) is 6.79 Å². The third kappa shape index (κ3) is 5.12. The predicted molar refractivity (Wildman–Crippen MR) is 103 cm³/mol. The van der Waals surface area contributed by atoms with E-state index in [1.165, 1.54) is 11.3 Å². The molecule has 0 unspecified atom stereocenters. The van der Waals surface area contributed by atoms with E-state index in [0.29, 0.717) is 35.2 Å². The van der Waals surface area contributed by atoms with E-state index in [9.17, 15) is 9.36 Å². The Bertz CT molecular complexity index is 996. The van der Waals surface area contributed by atoms with Crippen molar-refractivity contribution in [3.8, 4) is 5.06 Å². The second-order valence-corrected chi connectivity index (χ2v) is 8.71. The van der Waals surface area contributed by atoms with Gasteiger partial charge < -0.3 is 19.3 Å². The lowest BCUT2D eigenvalue weighted by molar-refractivity contribution is -0.147. The lowest BCUT2D eigenvalue weighted by Gasteiger charge is -2.33. The van der Waals surface area contributed by atoms with Crippen LogP contribution in [-0.2, 0) is 31.6 Å². The molecule has 1 aliphatic heterocycles. The van der Waals surface area contributed by atoms with Crippen LogP contribution in [0.5, 0.6) is 5.06 Å². The van der Waals surface area contributed by atoms with Gasteiger partial charge in [-0.05, 0) is 29.7 Å². The first kappa shape index (κ1) is 17.4. The Hall–Kier alpha value is -1.45. The summed E-state index contributed by atoms with van der Waals surface area (Å²) in [5.74, 6) is -0.932. The number of halogens is 1. The maximum absolute atomic E-state index is 12.8. The molecule has 1 aromatic heterocycles. The van der Waals surface area contributed by atoms with Crippen LogP contribution in [-0.4, -0.2) is 41.0 Å². The fourth-order valence-electron chi connectivity index (χ4n) is 3.00. The molecule has 0 amide bonds. The molecule has 2 heterocycles. The summed E-state index contributed by atoms with van der Waals surface area (Å²) < 4.78 is 46.8. The monoisotopic (exact) mass is 450 g/mol. The van der Waals surface area contributed by atoms with Crippen LogP contribution in [0.1, 0.15) is 26.2 Å². The zero-order valence-electron chi connectivity index (χ0n) is 17.4. The van der Waals surface area contributed by atoms with Crippen molar-refractivity contribution in [3.63, 3.8) is 0 Å². The highest BCUT2D eigenvalue weighted by atomic mass is 35.5. The van der Waals surface area contributed by atoms with E-state index >= 15 is 0 Å². The Morgan fingerprint density at radius 1 is 1.46 bits per heavy atom. The van der Waals surface area contributed by atoms with Crippen LogP contribution < -0.4 is 4.74 Å². The van der Waals surface area contributed by atoms with Crippen LogP contribution >= 0.6 is 30.8 Å². The van der Waals surface area contributed by atoms with Crippen molar-refractivity contribution in [2.45, 2.75) is 19.0 Å². The summed E-state index contributed by atoms with van der Waals surface area (Å²) in [5, 5.41) is 0.712. The van der Waals surface area contributed by atoms with E-state index in [1.807, 2.05) is 0 Å². The molecule has 3 rings (SSSR count). The van der Waals surface area contributed by atoms with Crippen molar-refractivity contribution in [1.82, 2.24) is 4.90 Å². The van der Waals surface area contributed by atoms with Crippen molar-refractivity contribution in [3.05, 3.63) is 51.4 Å². The van der Waals surface area contributed by atoms with Crippen LogP contribution in [0.4, 0.5) is 0 Å². The van der Waals surface area contributed by atoms with Crippen LogP contribution in [0.15, 0.2) is 30.3 Å². The van der Waals surface area contributed by atoms with Gasteiger partial charge in [0.05, 0.1) is 11.2 Å². The number of phosphoric ester groups is 1. The fraction of sp³-hybridized carbons (Fsp3) is 0.353. The first-order valence-electron chi connectivity index (χ1n) is 9.59. The number of carbonyl (C=O) groups excluding carboxylic acids is 1. The van der Waals surface area contributed by atoms with E-state index in [4.69, 9.17) is 30.2 Å². The molecule has 0 fully saturated rings. The molecule has 1 aliphatic rings. The number of thiophene rings is 1. The van der Waals surface area contributed by atoms with Gasteiger partial charge >= 0.3 is 13.8 Å². The number of hydrogen-bond acceptors (Lipinski definition) is 7. The quantitative estimate of drug-likeness (QED) is 0.376. The molecule has 152 valence electrons. The molecule has 0 radical (unpaired) electrons. The van der Waals surface area contributed by atoms with Gasteiger partial charge in [-0.3, -0.25) is 4.90 Å². The van der Waals surface area contributed by atoms with Gasteiger partial charge in [-0.15, -0.1) is 11.3 Å². The SMILES string of the molecule is [2H]C([2H])([2H])OC(=O)[C@H](c1ccccc1Cl)N1CCc2sc(OCOP(=O)(O)O)cc2C1. The number of fused-ring (bicyclic) bond motifs is 1. The first-order chi connectivity index (χ1) is 14.4. The topological polar surface area (TPSA) is 106 Å². The predicted octanol–water partition coefficient (Wildman–Crippen LogP) is 3.12. The summed E-state index contributed by atoms with van der Waals surface area (Å²) in [5.41, 5.74) is 1.27. The molecule has 1 aromatic carbocycles. The third-order valence-electron chi connectivity index (χ3n) is 4.18. The summed E-state index contributed by atoms with van der Waals surface area (Å²) in [6, 6.07) is 7.32. The van der Waals surface area contributed by atoms with E-state index < -0.39 is 33.7 Å². The van der Waals surface area contributed by atoms with Gasteiger partial charge in [-0.2, -0.15) is 0 Å². The number of benzene rings is 1. The summed E-state index contributed by atoms with van der Waals surface area (Å²) in [6.45, 7) is 0.110. The highest BCUT2D eigenvalue weighted by Gasteiger charge is 2.33. The summed E-state index contributed by atoms with van der Waals surface area (Å²) in [7, 11) is -7.53. The molecule has 0 saturated carbocycles. The lowest BCUT2D eigenvalue weighted by atomic mass is 10.0. The van der Waals surface area contributed by atoms with Gasteiger partial charge in [0.25, 0.3) is 0 Å². The van der Waals surface area contributed by atoms with Crippen LogP contribution in [0.25, 0.3) is 0 Å². The Morgan fingerprint density at radius 2 is 2.25 bits per heavy atom. The third-order valence-corrected chi connectivity index (χ3v) is 6.12. The van der Waals surface area contributed by atoms with Gasteiger partial charge in [-0.1, -0.05) is 29.8 Å². The molecule has 11 heteroatoms. The van der Waals surface area contributed by atoms with Crippen molar-refractivity contribution >= 4 is 36.7 Å². The van der Waals surface area contributed by atoms with Gasteiger partial charge in [-0.25, -0.2) is 13.9 Å². The molecule has 0 bridgehead atoms. The summed E-state index contributed by atoms with van der Waals surface area (Å²) >= 11 is 7.58. The highest BCUT2D eigenvalue weighted by molar-refractivity contribution is 7.46. The van der Waals surface area contributed by atoms with E-state index in [1.54, 1.807) is 35.2 Å². The number of hydrogen-bond donors (Lipinski definition) is 2. The van der Waals surface area contributed by atoms with Crippen LogP contribution in [0.2, 0.25) is 5.02 Å². The first-order valence-corrected chi connectivity index (χ1v) is 10.8. The molecular weight excluding hydrogens is 429 g/mol. The number of esters is 1. The van der Waals surface area contributed by atoms with E-state index in [0.717, 1.165) is 10.4 Å². The largest absolute Gasteiger partial charge is 0.472 e. The van der Waals surface area contributed by atoms with Crippen LogP contribution in [0.3, 0.4) is 0 Å². The number of ether oxygens (including phenoxy) is 2. The standard InChI is InChI=1S/C17H19ClNO7PS/c1-24-17(20)16(12-4-2-3-5-13(12)18)19-7-6-14-11(9-19)8-15(28-14)25-10-26-27(21,22)23/h2-5,8,16H,6-7,9-10H2,1H3,(H2,21,22,23)/t16-/m0/s1/i1D3. The Balaban J connectivity index is 1.80. The fourth-order valence-corrected chi connectivity index (χ4v) is 4.43. The van der Waals surface area contributed by atoms with Crippen molar-refractivity contribution in [1.29, 1.82) is 0 Å². The normalized spacial score (nSPS) is 17.8. The van der Waals surface area contributed by atoms with Crippen molar-refractivity contribution < 1.29 is 37.3 Å². The highest BCUT2D eigenvalue weighted by Crippen LogP contribution is 2.39. The van der Waals surface area contributed by atoms with E-state index in [2.05, 4.69) is 9.26 Å². The average molecular weight is 451 g/mol. The second kappa shape index (κ2) is 8.92. The molecule has 2 aromatic rings. The molecule has 28 heavy (non-hydrogen) atoms. The molecule has 8 nitrogen and oxygen atoms in total. The number of phosphoric acid groups is 1. The second-order valence-electron chi connectivity index (χ2n) is 5.96. The van der Waals surface area contributed by atoms with Crippen LogP contribution in [0, 0.1) is 0 Å². The molecule has 0 aliphatic carbocycles. The number of methoxy groups -OCH3 is 1. The zero-order chi connectivity index (χ0) is 22.8. The minimum absolute atomic E-state index is 0.292. The molecule has 2 N–H and O–H groups in total. The minimum Gasteiger partial charge on any atom is -0.468 e. The maximum Gasteiger partial charge on any atom is 0.472 e. The number of rotatable bonds is 7. The maximum atomic E-state index is 12.8. The Kier molecular flexibility index (Phi) is 5.55. The van der Waals surface area contributed by atoms with Gasteiger partial charge in [0.1, 0.15) is 6.04 Å².